The minimum Gasteiger partial charge on any atom is -0.367 e. The first-order chi connectivity index (χ1) is 6.55. The summed E-state index contributed by atoms with van der Waals surface area (Å²) in [6, 6.07) is 2.94. The molecule has 0 amide bonds. The zero-order valence-corrected chi connectivity index (χ0v) is 9.11. The van der Waals surface area contributed by atoms with Gasteiger partial charge in [-0.15, -0.1) is 11.6 Å². The van der Waals surface area contributed by atoms with Crippen LogP contribution in [0, 0.1) is 11.2 Å². The Hall–Kier alpha value is -0.830. The topological polar surface area (TPSA) is 24.9 Å². The van der Waals surface area contributed by atoms with Crippen LogP contribution in [0.3, 0.4) is 0 Å². The Morgan fingerprint density at radius 3 is 2.86 bits per heavy atom. The van der Waals surface area contributed by atoms with Crippen molar-refractivity contribution >= 4 is 17.4 Å². The van der Waals surface area contributed by atoms with Crippen molar-refractivity contribution in [3.8, 4) is 0 Å². The SMILES string of the molecule is CC(C)(CCl)CNc1ncccc1F. The summed E-state index contributed by atoms with van der Waals surface area (Å²) in [4.78, 5) is 3.89. The first kappa shape index (κ1) is 11.2. The highest BCUT2D eigenvalue weighted by Gasteiger charge is 2.16. The van der Waals surface area contributed by atoms with Gasteiger partial charge in [0.2, 0.25) is 0 Å². The summed E-state index contributed by atoms with van der Waals surface area (Å²) in [6.07, 6.45) is 1.55. The lowest BCUT2D eigenvalue weighted by Gasteiger charge is -2.21. The number of anilines is 1. The van der Waals surface area contributed by atoms with Crippen molar-refractivity contribution in [3.05, 3.63) is 24.1 Å². The zero-order chi connectivity index (χ0) is 10.6. The molecule has 0 fully saturated rings. The van der Waals surface area contributed by atoms with Crippen LogP contribution in [0.15, 0.2) is 18.3 Å². The van der Waals surface area contributed by atoms with Crippen molar-refractivity contribution < 1.29 is 4.39 Å². The van der Waals surface area contributed by atoms with Crippen molar-refractivity contribution in [2.45, 2.75) is 13.8 Å². The first-order valence-electron chi connectivity index (χ1n) is 4.45. The number of hydrogen-bond donors (Lipinski definition) is 1. The maximum absolute atomic E-state index is 13.1. The maximum atomic E-state index is 13.1. The predicted molar refractivity (Wildman–Crippen MR) is 57.2 cm³/mol. The van der Waals surface area contributed by atoms with Crippen LogP contribution in [0.5, 0.6) is 0 Å². The van der Waals surface area contributed by atoms with Crippen LogP contribution in [-0.2, 0) is 0 Å². The molecule has 0 aliphatic carbocycles. The van der Waals surface area contributed by atoms with Crippen molar-refractivity contribution in [1.29, 1.82) is 0 Å². The first-order valence-corrected chi connectivity index (χ1v) is 4.99. The average Bonchev–Trinajstić information content (AvgIpc) is 2.17. The van der Waals surface area contributed by atoms with Gasteiger partial charge in [0.05, 0.1) is 0 Å². The van der Waals surface area contributed by atoms with Gasteiger partial charge < -0.3 is 5.32 Å². The minimum absolute atomic E-state index is 0.0640. The molecule has 0 spiro atoms. The number of halogens is 2. The Kier molecular flexibility index (Phi) is 3.69. The van der Waals surface area contributed by atoms with E-state index in [4.69, 9.17) is 11.6 Å². The van der Waals surface area contributed by atoms with Crippen LogP contribution in [0.1, 0.15) is 13.8 Å². The molecule has 1 aromatic heterocycles. The molecule has 0 radical (unpaired) electrons. The van der Waals surface area contributed by atoms with Gasteiger partial charge in [0.25, 0.3) is 0 Å². The number of aromatic nitrogens is 1. The van der Waals surface area contributed by atoms with E-state index in [0.717, 1.165) is 0 Å². The number of alkyl halides is 1. The highest BCUT2D eigenvalue weighted by Crippen LogP contribution is 2.18. The standard InChI is InChI=1S/C10H14ClFN2/c1-10(2,6-11)7-14-9-8(12)4-3-5-13-9/h3-5H,6-7H2,1-2H3,(H,13,14). The molecular weight excluding hydrogens is 203 g/mol. The number of hydrogen-bond acceptors (Lipinski definition) is 2. The Morgan fingerprint density at radius 1 is 1.57 bits per heavy atom. The van der Waals surface area contributed by atoms with Crippen LogP contribution in [0.25, 0.3) is 0 Å². The predicted octanol–water partition coefficient (Wildman–Crippen LogP) is 2.90. The third kappa shape index (κ3) is 3.14. The van der Waals surface area contributed by atoms with E-state index in [1.54, 1.807) is 12.3 Å². The van der Waals surface area contributed by atoms with Gasteiger partial charge in [-0.25, -0.2) is 9.37 Å². The number of nitrogens with zero attached hydrogens (tertiary/aromatic N) is 1. The summed E-state index contributed by atoms with van der Waals surface area (Å²) in [5.41, 5.74) is -0.0640. The second kappa shape index (κ2) is 4.60. The van der Waals surface area contributed by atoms with Crippen LogP contribution < -0.4 is 5.32 Å². The number of pyridine rings is 1. The smallest absolute Gasteiger partial charge is 0.165 e. The molecule has 78 valence electrons. The summed E-state index contributed by atoms with van der Waals surface area (Å²) in [6.45, 7) is 4.62. The lowest BCUT2D eigenvalue weighted by Crippen LogP contribution is -2.25. The molecule has 0 aliphatic rings. The summed E-state index contributed by atoms with van der Waals surface area (Å²) in [5.74, 6) is 0.470. The molecule has 0 saturated heterocycles. The molecule has 0 saturated carbocycles. The highest BCUT2D eigenvalue weighted by molar-refractivity contribution is 6.18. The Bertz CT molecular complexity index is 302. The van der Waals surface area contributed by atoms with E-state index in [0.29, 0.717) is 12.4 Å². The quantitative estimate of drug-likeness (QED) is 0.783. The average molecular weight is 217 g/mol. The van der Waals surface area contributed by atoms with Gasteiger partial charge in [0.15, 0.2) is 11.6 Å². The fourth-order valence-electron chi connectivity index (χ4n) is 0.886. The molecule has 0 unspecified atom stereocenters. The second-order valence-corrected chi connectivity index (χ2v) is 4.25. The lowest BCUT2D eigenvalue weighted by atomic mass is 9.97. The maximum Gasteiger partial charge on any atom is 0.165 e. The third-order valence-corrected chi connectivity index (χ3v) is 2.58. The van der Waals surface area contributed by atoms with Gasteiger partial charge in [-0.3, -0.25) is 0 Å². The van der Waals surface area contributed by atoms with Gasteiger partial charge >= 0.3 is 0 Å². The molecular formula is C10H14ClFN2. The molecule has 1 N–H and O–H groups in total. The molecule has 0 atom stereocenters. The Labute approximate surface area is 88.5 Å². The molecule has 0 bridgehead atoms. The summed E-state index contributed by atoms with van der Waals surface area (Å²) < 4.78 is 13.1. The Balaban J connectivity index is 2.58. The fraction of sp³-hybridized carbons (Fsp3) is 0.500. The zero-order valence-electron chi connectivity index (χ0n) is 8.35. The van der Waals surface area contributed by atoms with Gasteiger partial charge in [-0.2, -0.15) is 0 Å². The van der Waals surface area contributed by atoms with Crippen molar-refractivity contribution in [1.82, 2.24) is 4.98 Å². The molecule has 2 nitrogen and oxygen atoms in total. The minimum atomic E-state index is -0.335. The van der Waals surface area contributed by atoms with E-state index in [2.05, 4.69) is 10.3 Å². The summed E-state index contributed by atoms with van der Waals surface area (Å²) >= 11 is 5.75. The van der Waals surface area contributed by atoms with Crippen molar-refractivity contribution in [2.75, 3.05) is 17.7 Å². The summed E-state index contributed by atoms with van der Waals surface area (Å²) in [5, 5.41) is 2.93. The largest absolute Gasteiger partial charge is 0.367 e. The van der Waals surface area contributed by atoms with Crippen LogP contribution >= 0.6 is 11.6 Å². The highest BCUT2D eigenvalue weighted by atomic mass is 35.5. The van der Waals surface area contributed by atoms with Gasteiger partial charge in [0, 0.05) is 18.6 Å². The van der Waals surface area contributed by atoms with E-state index in [-0.39, 0.29) is 17.1 Å². The number of rotatable bonds is 4. The van der Waals surface area contributed by atoms with Crippen LogP contribution in [0.4, 0.5) is 10.2 Å². The monoisotopic (exact) mass is 216 g/mol. The van der Waals surface area contributed by atoms with E-state index in [1.165, 1.54) is 6.07 Å². The van der Waals surface area contributed by atoms with Gasteiger partial charge in [0.1, 0.15) is 0 Å². The van der Waals surface area contributed by atoms with Crippen LogP contribution in [-0.4, -0.2) is 17.4 Å². The van der Waals surface area contributed by atoms with Crippen molar-refractivity contribution in [3.63, 3.8) is 0 Å². The molecule has 1 heterocycles. The second-order valence-electron chi connectivity index (χ2n) is 3.99. The molecule has 4 heteroatoms. The van der Waals surface area contributed by atoms with Gasteiger partial charge in [-0.05, 0) is 17.5 Å². The lowest BCUT2D eigenvalue weighted by molar-refractivity contribution is 0.448. The molecule has 0 aliphatic heterocycles. The normalized spacial score (nSPS) is 11.4. The van der Waals surface area contributed by atoms with E-state index in [9.17, 15) is 4.39 Å². The van der Waals surface area contributed by atoms with Crippen LogP contribution in [0.2, 0.25) is 0 Å². The fourth-order valence-corrected chi connectivity index (χ4v) is 0.981. The summed E-state index contributed by atoms with van der Waals surface area (Å²) in [7, 11) is 0. The molecule has 14 heavy (non-hydrogen) atoms. The van der Waals surface area contributed by atoms with Crippen molar-refractivity contribution in [2.24, 2.45) is 5.41 Å². The Morgan fingerprint density at radius 2 is 2.29 bits per heavy atom. The van der Waals surface area contributed by atoms with Gasteiger partial charge in [-0.1, -0.05) is 13.8 Å². The molecule has 1 rings (SSSR count). The van der Waals surface area contributed by atoms with E-state index >= 15 is 0 Å². The molecule has 0 aromatic carbocycles. The number of nitrogens with one attached hydrogen (secondary N) is 1. The van der Waals surface area contributed by atoms with E-state index < -0.39 is 0 Å². The third-order valence-electron chi connectivity index (χ3n) is 1.85. The van der Waals surface area contributed by atoms with E-state index in [1.807, 2.05) is 13.8 Å². The molecule has 1 aromatic rings.